The van der Waals surface area contributed by atoms with Gasteiger partial charge in [0.05, 0.1) is 5.02 Å². The van der Waals surface area contributed by atoms with Crippen molar-refractivity contribution in [1.82, 2.24) is 5.32 Å². The fraction of sp³-hybridized carbons (Fsp3) is 0.444. The minimum absolute atomic E-state index is 0.0673. The third-order valence-corrected chi connectivity index (χ3v) is 3.09. The molecule has 1 atom stereocenters. The first-order valence-electron chi connectivity index (χ1n) is 4.27. The summed E-state index contributed by atoms with van der Waals surface area (Å²) < 4.78 is 0. The van der Waals surface area contributed by atoms with Crippen LogP contribution in [0.25, 0.3) is 0 Å². The van der Waals surface area contributed by atoms with E-state index in [1.54, 1.807) is 11.4 Å². The van der Waals surface area contributed by atoms with Crippen LogP contribution in [0, 0.1) is 5.92 Å². The first-order chi connectivity index (χ1) is 6.65. The van der Waals surface area contributed by atoms with E-state index in [0.717, 1.165) is 0 Å². The summed E-state index contributed by atoms with van der Waals surface area (Å²) in [7, 11) is 0. The molecule has 0 aliphatic heterocycles. The smallest absolute Gasteiger partial charge is 0.262 e. The van der Waals surface area contributed by atoms with Crippen LogP contribution in [-0.4, -0.2) is 24.2 Å². The summed E-state index contributed by atoms with van der Waals surface area (Å²) in [6.45, 7) is 2.39. The Bertz CT molecular complexity index is 314. The summed E-state index contributed by atoms with van der Waals surface area (Å²) in [4.78, 5) is 12.0. The van der Waals surface area contributed by atoms with Gasteiger partial charge in [0.2, 0.25) is 0 Å². The minimum atomic E-state index is -0.176. The molecule has 1 rings (SSSR count). The molecule has 3 nitrogen and oxygen atoms in total. The van der Waals surface area contributed by atoms with Crippen molar-refractivity contribution in [2.24, 2.45) is 5.92 Å². The van der Waals surface area contributed by atoms with E-state index in [-0.39, 0.29) is 18.4 Å². The molecule has 5 heteroatoms. The standard InChI is InChI=1S/C9H12ClNO2S/c1-6(5-12)4-11-9(13)8-7(10)2-3-14-8/h2-3,6,12H,4-5H2,1H3,(H,11,13). The van der Waals surface area contributed by atoms with E-state index in [1.807, 2.05) is 6.92 Å². The number of aliphatic hydroxyl groups excluding tert-OH is 1. The van der Waals surface area contributed by atoms with Crippen LogP contribution in [0.5, 0.6) is 0 Å². The lowest BCUT2D eigenvalue weighted by molar-refractivity contribution is 0.0946. The highest BCUT2D eigenvalue weighted by Crippen LogP contribution is 2.21. The van der Waals surface area contributed by atoms with Crippen LogP contribution in [0.4, 0.5) is 0 Å². The summed E-state index contributed by atoms with van der Waals surface area (Å²) in [5.74, 6) is -0.108. The molecule has 0 fully saturated rings. The van der Waals surface area contributed by atoms with E-state index in [4.69, 9.17) is 16.7 Å². The van der Waals surface area contributed by atoms with E-state index >= 15 is 0 Å². The summed E-state index contributed by atoms with van der Waals surface area (Å²) in [6.07, 6.45) is 0. The number of carbonyl (C=O) groups excluding carboxylic acids is 1. The van der Waals surface area contributed by atoms with Gasteiger partial charge in [0.15, 0.2) is 0 Å². The molecule has 0 bridgehead atoms. The molecule has 0 radical (unpaired) electrons. The van der Waals surface area contributed by atoms with Gasteiger partial charge < -0.3 is 10.4 Å². The quantitative estimate of drug-likeness (QED) is 0.833. The number of rotatable bonds is 4. The van der Waals surface area contributed by atoms with Gasteiger partial charge in [-0.25, -0.2) is 0 Å². The Morgan fingerprint density at radius 1 is 1.79 bits per heavy atom. The number of aliphatic hydroxyl groups is 1. The summed E-state index contributed by atoms with van der Waals surface area (Å²) >= 11 is 7.09. The van der Waals surface area contributed by atoms with Gasteiger partial charge in [-0.1, -0.05) is 18.5 Å². The highest BCUT2D eigenvalue weighted by molar-refractivity contribution is 7.12. The molecule has 1 aromatic heterocycles. The second-order valence-corrected chi connectivity index (χ2v) is 4.42. The van der Waals surface area contributed by atoms with Gasteiger partial charge in [0.1, 0.15) is 4.88 Å². The lowest BCUT2D eigenvalue weighted by Gasteiger charge is -2.08. The fourth-order valence-electron chi connectivity index (χ4n) is 0.868. The van der Waals surface area contributed by atoms with Gasteiger partial charge in [-0.2, -0.15) is 0 Å². The van der Waals surface area contributed by atoms with Crippen LogP contribution in [0.1, 0.15) is 16.6 Å². The first-order valence-corrected chi connectivity index (χ1v) is 5.53. The third kappa shape index (κ3) is 2.97. The van der Waals surface area contributed by atoms with Gasteiger partial charge in [-0.15, -0.1) is 11.3 Å². The lowest BCUT2D eigenvalue weighted by Crippen LogP contribution is -2.29. The molecule has 1 unspecified atom stereocenters. The van der Waals surface area contributed by atoms with Gasteiger partial charge in [0, 0.05) is 13.2 Å². The monoisotopic (exact) mass is 233 g/mol. The Labute approximate surface area is 91.7 Å². The van der Waals surface area contributed by atoms with Gasteiger partial charge in [0.25, 0.3) is 5.91 Å². The molecular formula is C9H12ClNO2S. The maximum atomic E-state index is 11.5. The van der Waals surface area contributed by atoms with Crippen molar-refractivity contribution in [1.29, 1.82) is 0 Å². The SMILES string of the molecule is CC(CO)CNC(=O)c1sccc1Cl. The number of hydrogen-bond acceptors (Lipinski definition) is 3. The average Bonchev–Trinajstić information content (AvgIpc) is 2.60. The van der Waals surface area contributed by atoms with Crippen molar-refractivity contribution in [2.45, 2.75) is 6.92 Å². The van der Waals surface area contributed by atoms with E-state index in [2.05, 4.69) is 5.32 Å². The molecule has 14 heavy (non-hydrogen) atoms. The largest absolute Gasteiger partial charge is 0.396 e. The summed E-state index contributed by atoms with van der Waals surface area (Å²) in [5.41, 5.74) is 0. The maximum absolute atomic E-state index is 11.5. The highest BCUT2D eigenvalue weighted by atomic mass is 35.5. The van der Waals surface area contributed by atoms with Crippen LogP contribution in [0.15, 0.2) is 11.4 Å². The van der Waals surface area contributed by atoms with E-state index in [1.165, 1.54) is 11.3 Å². The zero-order valence-corrected chi connectivity index (χ0v) is 9.36. The molecule has 2 N–H and O–H groups in total. The number of hydrogen-bond donors (Lipinski definition) is 2. The van der Waals surface area contributed by atoms with Gasteiger partial charge >= 0.3 is 0 Å². The van der Waals surface area contributed by atoms with Crippen LogP contribution < -0.4 is 5.32 Å². The van der Waals surface area contributed by atoms with Crippen molar-refractivity contribution < 1.29 is 9.90 Å². The van der Waals surface area contributed by atoms with Crippen molar-refractivity contribution in [3.8, 4) is 0 Å². The topological polar surface area (TPSA) is 49.3 Å². The third-order valence-electron chi connectivity index (χ3n) is 1.75. The molecule has 78 valence electrons. The van der Waals surface area contributed by atoms with Gasteiger partial charge in [-0.3, -0.25) is 4.79 Å². The normalized spacial score (nSPS) is 12.5. The number of nitrogens with one attached hydrogen (secondary N) is 1. The highest BCUT2D eigenvalue weighted by Gasteiger charge is 2.11. The van der Waals surface area contributed by atoms with Crippen molar-refractivity contribution >= 4 is 28.8 Å². The molecule has 0 saturated heterocycles. The van der Waals surface area contributed by atoms with Crippen LogP contribution in [0.2, 0.25) is 5.02 Å². The number of halogens is 1. The second kappa shape index (κ2) is 5.34. The molecule has 1 amide bonds. The Hall–Kier alpha value is -0.580. The van der Waals surface area contributed by atoms with Crippen LogP contribution >= 0.6 is 22.9 Å². The number of amides is 1. The molecule has 1 aromatic rings. The lowest BCUT2D eigenvalue weighted by atomic mass is 10.2. The van der Waals surface area contributed by atoms with Crippen molar-refractivity contribution in [2.75, 3.05) is 13.2 Å². The zero-order valence-electron chi connectivity index (χ0n) is 7.79. The molecule has 0 aromatic carbocycles. The Balaban J connectivity index is 2.47. The maximum Gasteiger partial charge on any atom is 0.262 e. The molecule has 0 aliphatic carbocycles. The predicted octanol–water partition coefficient (Wildman–Crippen LogP) is 1.76. The van der Waals surface area contributed by atoms with Crippen LogP contribution in [0.3, 0.4) is 0 Å². The average molecular weight is 234 g/mol. The Morgan fingerprint density at radius 2 is 2.50 bits per heavy atom. The number of thiophene rings is 1. The molecule has 0 saturated carbocycles. The van der Waals surface area contributed by atoms with Crippen LogP contribution in [-0.2, 0) is 0 Å². The summed E-state index contributed by atoms with van der Waals surface area (Å²) in [5, 5.41) is 13.7. The van der Waals surface area contributed by atoms with E-state index < -0.39 is 0 Å². The van der Waals surface area contributed by atoms with E-state index in [0.29, 0.717) is 16.4 Å². The molecular weight excluding hydrogens is 222 g/mol. The Morgan fingerprint density at radius 3 is 3.00 bits per heavy atom. The fourth-order valence-corrected chi connectivity index (χ4v) is 1.92. The Kier molecular flexibility index (Phi) is 4.38. The first kappa shape index (κ1) is 11.5. The van der Waals surface area contributed by atoms with Crippen molar-refractivity contribution in [3.63, 3.8) is 0 Å². The summed E-state index contributed by atoms with van der Waals surface area (Å²) in [6, 6.07) is 1.69. The molecule has 1 heterocycles. The van der Waals surface area contributed by atoms with Gasteiger partial charge in [-0.05, 0) is 17.4 Å². The molecule has 0 spiro atoms. The zero-order chi connectivity index (χ0) is 10.6. The minimum Gasteiger partial charge on any atom is -0.396 e. The van der Waals surface area contributed by atoms with Crippen molar-refractivity contribution in [3.05, 3.63) is 21.3 Å². The molecule has 0 aliphatic rings. The van der Waals surface area contributed by atoms with E-state index in [9.17, 15) is 4.79 Å². The second-order valence-electron chi connectivity index (χ2n) is 3.10. The predicted molar refractivity (Wildman–Crippen MR) is 57.9 cm³/mol. The number of carbonyl (C=O) groups is 1.